The van der Waals surface area contributed by atoms with Gasteiger partial charge >= 0.3 is 0 Å². The normalized spacial score (nSPS) is 21.1. The van der Waals surface area contributed by atoms with Gasteiger partial charge in [-0.05, 0) is 5.56 Å². The van der Waals surface area contributed by atoms with Crippen molar-refractivity contribution in [2.24, 2.45) is 5.92 Å². The average molecular weight is 396 g/mol. The van der Waals surface area contributed by atoms with E-state index in [1.165, 1.54) is 18.2 Å². The molecule has 0 bridgehead atoms. The van der Waals surface area contributed by atoms with Crippen LogP contribution >= 0.6 is 0 Å². The van der Waals surface area contributed by atoms with Gasteiger partial charge in [0.2, 0.25) is 11.9 Å². The van der Waals surface area contributed by atoms with Crippen molar-refractivity contribution >= 4 is 23.4 Å². The molecule has 0 aliphatic carbocycles. The Morgan fingerprint density at radius 2 is 2.07 bits per heavy atom. The van der Waals surface area contributed by atoms with Crippen molar-refractivity contribution in [3.05, 3.63) is 55.9 Å². The second-order valence-electron chi connectivity index (χ2n) is 6.68. The van der Waals surface area contributed by atoms with Gasteiger partial charge in [0.25, 0.3) is 11.2 Å². The standard InChI is InChI=1S/C18H16N6O5/c19-9-12-13(10-2-1-3-11(8-10)24(27)28)14-15(20-16(12)25)21-18(22-17(14)26)23-4-6-29-7-5-23/h1-3,8,12-13H,4-7H2,(H2,20,21,22,25,26)/t12-,13+/m0/s1. The third-order valence-electron chi connectivity index (χ3n) is 5.00. The number of amides is 1. The van der Waals surface area contributed by atoms with E-state index >= 15 is 0 Å². The number of aromatic nitrogens is 2. The van der Waals surface area contributed by atoms with Crippen LogP contribution in [0.4, 0.5) is 17.5 Å². The zero-order valence-electron chi connectivity index (χ0n) is 15.1. The van der Waals surface area contributed by atoms with E-state index in [1.807, 2.05) is 11.0 Å². The van der Waals surface area contributed by atoms with Crippen molar-refractivity contribution in [2.75, 3.05) is 36.5 Å². The van der Waals surface area contributed by atoms with E-state index in [0.29, 0.717) is 37.8 Å². The van der Waals surface area contributed by atoms with Crippen LogP contribution in [0.5, 0.6) is 0 Å². The molecule has 0 radical (unpaired) electrons. The highest BCUT2D eigenvalue weighted by Crippen LogP contribution is 2.39. The van der Waals surface area contributed by atoms with Crippen molar-refractivity contribution in [3.8, 4) is 6.07 Å². The van der Waals surface area contributed by atoms with Crippen LogP contribution in [0.25, 0.3) is 0 Å². The summed E-state index contributed by atoms with van der Waals surface area (Å²) in [5.74, 6) is -2.45. The number of hydrogen-bond acceptors (Lipinski definition) is 8. The lowest BCUT2D eigenvalue weighted by Crippen LogP contribution is -2.41. The van der Waals surface area contributed by atoms with E-state index in [9.17, 15) is 25.0 Å². The van der Waals surface area contributed by atoms with Crippen molar-refractivity contribution < 1.29 is 14.5 Å². The fourth-order valence-electron chi connectivity index (χ4n) is 3.62. The predicted octanol–water partition coefficient (Wildman–Crippen LogP) is 0.738. The van der Waals surface area contributed by atoms with Crippen LogP contribution in [0.2, 0.25) is 0 Å². The molecule has 29 heavy (non-hydrogen) atoms. The molecule has 3 heterocycles. The molecule has 11 nitrogen and oxygen atoms in total. The van der Waals surface area contributed by atoms with Crippen LogP contribution in [-0.4, -0.2) is 47.1 Å². The lowest BCUT2D eigenvalue weighted by molar-refractivity contribution is -0.384. The van der Waals surface area contributed by atoms with Crippen LogP contribution in [0.1, 0.15) is 17.0 Å². The number of rotatable bonds is 3. The summed E-state index contributed by atoms with van der Waals surface area (Å²) in [6, 6.07) is 7.49. The molecule has 0 unspecified atom stereocenters. The van der Waals surface area contributed by atoms with Gasteiger partial charge in [-0.3, -0.25) is 24.7 Å². The first-order valence-electron chi connectivity index (χ1n) is 8.91. The van der Waals surface area contributed by atoms with Crippen molar-refractivity contribution in [1.82, 2.24) is 9.97 Å². The first-order chi connectivity index (χ1) is 14.0. The Morgan fingerprint density at radius 3 is 2.76 bits per heavy atom. The first-order valence-corrected chi connectivity index (χ1v) is 8.91. The van der Waals surface area contributed by atoms with E-state index in [2.05, 4.69) is 15.3 Å². The fraction of sp³-hybridized carbons (Fsp3) is 0.333. The number of aromatic amines is 1. The molecule has 1 aromatic heterocycles. The maximum absolute atomic E-state index is 12.9. The molecule has 0 spiro atoms. The third kappa shape index (κ3) is 3.30. The number of hydrogen-bond donors (Lipinski definition) is 2. The molecule has 2 atom stereocenters. The van der Waals surface area contributed by atoms with Gasteiger partial charge in [-0.1, -0.05) is 12.1 Å². The minimum Gasteiger partial charge on any atom is -0.378 e. The largest absolute Gasteiger partial charge is 0.378 e. The minimum absolute atomic E-state index is 0.0586. The van der Waals surface area contributed by atoms with Crippen molar-refractivity contribution in [3.63, 3.8) is 0 Å². The number of carbonyl (C=O) groups excluding carboxylic acids is 1. The second-order valence-corrected chi connectivity index (χ2v) is 6.68. The van der Waals surface area contributed by atoms with Gasteiger partial charge in [0.1, 0.15) is 11.7 Å². The number of fused-ring (bicyclic) bond motifs is 1. The highest BCUT2D eigenvalue weighted by atomic mass is 16.6. The smallest absolute Gasteiger partial charge is 0.269 e. The Balaban J connectivity index is 1.85. The molecule has 0 saturated carbocycles. The number of nitrogens with one attached hydrogen (secondary N) is 2. The number of nitriles is 1. The monoisotopic (exact) mass is 396 g/mol. The lowest BCUT2D eigenvalue weighted by Gasteiger charge is -2.31. The van der Waals surface area contributed by atoms with E-state index in [4.69, 9.17) is 4.74 Å². The van der Waals surface area contributed by atoms with Crippen molar-refractivity contribution in [2.45, 2.75) is 5.92 Å². The molecule has 2 N–H and O–H groups in total. The Kier molecular flexibility index (Phi) is 4.69. The molecule has 1 aromatic carbocycles. The van der Waals surface area contributed by atoms with E-state index < -0.39 is 28.2 Å². The number of morpholine rings is 1. The lowest BCUT2D eigenvalue weighted by atomic mass is 9.79. The number of nitro benzene ring substituents is 1. The number of benzene rings is 1. The highest BCUT2D eigenvalue weighted by Gasteiger charge is 2.40. The van der Waals surface area contributed by atoms with Gasteiger partial charge in [0.15, 0.2) is 0 Å². The zero-order valence-corrected chi connectivity index (χ0v) is 15.1. The average Bonchev–Trinajstić information content (AvgIpc) is 2.73. The fourth-order valence-corrected chi connectivity index (χ4v) is 3.62. The van der Waals surface area contributed by atoms with Gasteiger partial charge < -0.3 is 15.0 Å². The minimum atomic E-state index is -1.22. The summed E-state index contributed by atoms with van der Waals surface area (Å²) in [5.41, 5.74) is -0.267. The summed E-state index contributed by atoms with van der Waals surface area (Å²) in [6.07, 6.45) is 0. The Labute approximate surface area is 164 Å². The zero-order chi connectivity index (χ0) is 20.5. The molecule has 148 valence electrons. The Hall–Kier alpha value is -3.78. The summed E-state index contributed by atoms with van der Waals surface area (Å²) >= 11 is 0. The number of non-ortho nitro benzene ring substituents is 1. The SMILES string of the molecule is N#C[C@@H]1C(=O)Nc2nc(N3CCOCC3)[nH]c(=O)c2[C@@H]1c1cccc([N+](=O)[O-])c1. The molecule has 1 amide bonds. The van der Waals surface area contributed by atoms with E-state index in [-0.39, 0.29) is 17.1 Å². The Bertz CT molecular complexity index is 1080. The van der Waals surface area contributed by atoms with Gasteiger partial charge in [-0.25, -0.2) is 0 Å². The summed E-state index contributed by atoms with van der Waals surface area (Å²) in [6.45, 7) is 2.04. The number of nitro groups is 1. The molecule has 2 aromatic rings. The van der Waals surface area contributed by atoms with E-state index in [0.717, 1.165) is 0 Å². The van der Waals surface area contributed by atoms with Gasteiger partial charge in [-0.2, -0.15) is 10.2 Å². The Morgan fingerprint density at radius 1 is 1.31 bits per heavy atom. The topological polar surface area (TPSA) is 154 Å². The first kappa shape index (κ1) is 18.6. The molecular weight excluding hydrogens is 380 g/mol. The molecule has 4 rings (SSSR count). The maximum atomic E-state index is 12.9. The van der Waals surface area contributed by atoms with Gasteiger partial charge in [-0.15, -0.1) is 0 Å². The van der Waals surface area contributed by atoms with Crippen LogP contribution < -0.4 is 15.8 Å². The van der Waals surface area contributed by atoms with Gasteiger partial charge in [0, 0.05) is 31.1 Å². The number of ether oxygens (including phenoxy) is 1. The van der Waals surface area contributed by atoms with Crippen LogP contribution in [0.15, 0.2) is 29.1 Å². The number of H-pyrrole nitrogens is 1. The predicted molar refractivity (Wildman–Crippen MR) is 101 cm³/mol. The third-order valence-corrected chi connectivity index (χ3v) is 5.00. The maximum Gasteiger partial charge on any atom is 0.269 e. The number of anilines is 2. The van der Waals surface area contributed by atoms with Crippen LogP contribution in [0, 0.1) is 27.4 Å². The summed E-state index contributed by atoms with van der Waals surface area (Å²) in [5, 5.41) is 23.2. The number of nitrogens with zero attached hydrogens (tertiary/aromatic N) is 4. The molecule has 2 aliphatic rings. The summed E-state index contributed by atoms with van der Waals surface area (Å²) in [7, 11) is 0. The molecule has 11 heteroatoms. The number of carbonyl (C=O) groups is 1. The van der Waals surface area contributed by atoms with Gasteiger partial charge in [0.05, 0.1) is 29.8 Å². The molecule has 2 aliphatic heterocycles. The summed E-state index contributed by atoms with van der Waals surface area (Å²) < 4.78 is 5.29. The molecule has 1 saturated heterocycles. The molecular formula is C18H16N6O5. The van der Waals surface area contributed by atoms with E-state index in [1.54, 1.807) is 6.07 Å². The highest BCUT2D eigenvalue weighted by molar-refractivity contribution is 5.98. The summed E-state index contributed by atoms with van der Waals surface area (Å²) in [4.78, 5) is 45.0. The van der Waals surface area contributed by atoms with Crippen LogP contribution in [0.3, 0.4) is 0 Å². The second kappa shape index (κ2) is 7.33. The molecule has 1 fully saturated rings. The van der Waals surface area contributed by atoms with Crippen LogP contribution in [-0.2, 0) is 9.53 Å². The quantitative estimate of drug-likeness (QED) is 0.569. The van der Waals surface area contributed by atoms with Crippen molar-refractivity contribution in [1.29, 1.82) is 5.26 Å².